The molecule has 1 aliphatic heterocycles. The Morgan fingerprint density at radius 1 is 1.04 bits per heavy atom. The molecule has 3 rings (SSSR count). The summed E-state index contributed by atoms with van der Waals surface area (Å²) in [6.45, 7) is 0.0900. The molecule has 9 nitrogen and oxygen atoms in total. The number of carbonyl (C=O) groups excluding carboxylic acids is 3. The number of nitro benzene ring substituents is 1. The third kappa shape index (κ3) is 4.33. The Morgan fingerprint density at radius 3 is 2.29 bits per heavy atom. The maximum Gasteiger partial charge on any atom is 0.328 e. The molecule has 0 aromatic heterocycles. The molecule has 28 heavy (non-hydrogen) atoms. The van der Waals surface area contributed by atoms with E-state index < -0.39 is 22.8 Å². The van der Waals surface area contributed by atoms with Crippen molar-refractivity contribution in [2.45, 2.75) is 6.61 Å². The van der Waals surface area contributed by atoms with E-state index in [0.717, 1.165) is 0 Å². The van der Waals surface area contributed by atoms with E-state index in [2.05, 4.69) is 0 Å². The zero-order chi connectivity index (χ0) is 20.3. The smallest absolute Gasteiger partial charge is 0.328 e. The molecule has 0 saturated carbocycles. The van der Waals surface area contributed by atoms with E-state index in [0.29, 0.717) is 21.9 Å². The zero-order valence-electron chi connectivity index (χ0n) is 14.1. The molecule has 2 N–H and O–H groups in total. The van der Waals surface area contributed by atoms with Crippen molar-refractivity contribution >= 4 is 41.2 Å². The summed E-state index contributed by atoms with van der Waals surface area (Å²) < 4.78 is 5.71. The van der Waals surface area contributed by atoms with Crippen LogP contribution in [0, 0.1) is 10.1 Å². The van der Waals surface area contributed by atoms with Crippen LogP contribution in [-0.2, 0) is 16.2 Å². The van der Waals surface area contributed by atoms with Gasteiger partial charge in [-0.05, 0) is 42.0 Å². The van der Waals surface area contributed by atoms with Gasteiger partial charge < -0.3 is 4.74 Å². The first kappa shape index (κ1) is 19.1. The van der Waals surface area contributed by atoms with Gasteiger partial charge in [0.25, 0.3) is 17.5 Å². The first-order valence-corrected chi connectivity index (χ1v) is 8.25. The number of halogens is 1. The predicted octanol–water partition coefficient (Wildman–Crippen LogP) is 2.58. The summed E-state index contributed by atoms with van der Waals surface area (Å²) in [7, 11) is 0. The summed E-state index contributed by atoms with van der Waals surface area (Å²) in [5.41, 5.74) is 0.716. The van der Waals surface area contributed by atoms with E-state index in [9.17, 15) is 24.5 Å². The Labute approximate surface area is 163 Å². The molecule has 2 aromatic rings. The highest BCUT2D eigenvalue weighted by Gasteiger charge is 2.28. The SMILES string of the molecule is O=C1NC(=O)C(=Cc2cc(Cl)ccc2OCc2ccc([N+](=O)[O-])cc2)C(=O)N1. The van der Waals surface area contributed by atoms with Crippen LogP contribution < -0.4 is 15.4 Å². The quantitative estimate of drug-likeness (QED) is 0.343. The highest BCUT2D eigenvalue weighted by atomic mass is 35.5. The monoisotopic (exact) mass is 401 g/mol. The van der Waals surface area contributed by atoms with Gasteiger partial charge in [0.05, 0.1) is 4.92 Å². The topological polar surface area (TPSA) is 128 Å². The molecule has 1 aliphatic rings. The van der Waals surface area contributed by atoms with Crippen molar-refractivity contribution in [2.75, 3.05) is 0 Å². The molecular formula is C18H12ClN3O6. The lowest BCUT2D eigenvalue weighted by Crippen LogP contribution is -2.51. The van der Waals surface area contributed by atoms with Crippen LogP contribution in [0.5, 0.6) is 5.75 Å². The summed E-state index contributed by atoms with van der Waals surface area (Å²) in [4.78, 5) is 45.1. The largest absolute Gasteiger partial charge is 0.488 e. The predicted molar refractivity (Wildman–Crippen MR) is 98.5 cm³/mol. The molecule has 0 bridgehead atoms. The molecule has 1 fully saturated rings. The highest BCUT2D eigenvalue weighted by molar-refractivity contribution is 6.32. The molecule has 0 atom stereocenters. The van der Waals surface area contributed by atoms with Gasteiger partial charge in [-0.15, -0.1) is 0 Å². The molecule has 1 saturated heterocycles. The molecule has 10 heteroatoms. The summed E-state index contributed by atoms with van der Waals surface area (Å²) >= 11 is 5.99. The van der Waals surface area contributed by atoms with Crippen LogP contribution in [0.2, 0.25) is 5.02 Å². The van der Waals surface area contributed by atoms with E-state index in [1.54, 1.807) is 24.3 Å². The Morgan fingerprint density at radius 2 is 1.68 bits per heavy atom. The molecular weight excluding hydrogens is 390 g/mol. The highest BCUT2D eigenvalue weighted by Crippen LogP contribution is 2.27. The Bertz CT molecular complexity index is 994. The van der Waals surface area contributed by atoms with Crippen LogP contribution in [-0.4, -0.2) is 22.8 Å². The van der Waals surface area contributed by atoms with Gasteiger partial charge in [-0.25, -0.2) is 4.79 Å². The number of hydrogen-bond donors (Lipinski definition) is 2. The van der Waals surface area contributed by atoms with Gasteiger partial charge in [0.1, 0.15) is 17.9 Å². The number of carbonyl (C=O) groups is 3. The van der Waals surface area contributed by atoms with Gasteiger partial charge in [-0.3, -0.25) is 30.3 Å². The van der Waals surface area contributed by atoms with E-state index in [-0.39, 0.29) is 17.9 Å². The van der Waals surface area contributed by atoms with Gasteiger partial charge in [-0.2, -0.15) is 0 Å². The molecule has 1 heterocycles. The van der Waals surface area contributed by atoms with Crippen LogP contribution in [0.3, 0.4) is 0 Å². The zero-order valence-corrected chi connectivity index (χ0v) is 14.9. The minimum absolute atomic E-state index is 0.0375. The Hall–Kier alpha value is -3.72. The Balaban J connectivity index is 1.84. The summed E-state index contributed by atoms with van der Waals surface area (Å²) in [6, 6.07) is 9.56. The van der Waals surface area contributed by atoms with Crippen LogP contribution in [0.4, 0.5) is 10.5 Å². The molecule has 2 aromatic carbocycles. The second-order valence-electron chi connectivity index (χ2n) is 5.69. The lowest BCUT2D eigenvalue weighted by Gasteiger charge is -2.15. The Kier molecular flexibility index (Phi) is 5.37. The van der Waals surface area contributed by atoms with Crippen molar-refractivity contribution in [3.05, 3.63) is 74.3 Å². The van der Waals surface area contributed by atoms with Gasteiger partial charge in [0.2, 0.25) is 0 Å². The summed E-state index contributed by atoms with van der Waals surface area (Å²) in [6.07, 6.45) is 1.26. The number of urea groups is 1. The standard InChI is InChI=1S/C18H12ClN3O6/c19-12-3-6-15(28-9-10-1-4-13(5-2-10)22(26)27)11(7-12)8-14-16(23)20-18(25)21-17(14)24/h1-8H,9H2,(H2,20,21,23,24,25). The van der Waals surface area contributed by atoms with Gasteiger partial charge >= 0.3 is 6.03 Å². The van der Waals surface area contributed by atoms with Crippen LogP contribution in [0.25, 0.3) is 6.08 Å². The van der Waals surface area contributed by atoms with Crippen molar-refractivity contribution in [3.8, 4) is 5.75 Å². The third-order valence-corrected chi connectivity index (χ3v) is 3.99. The van der Waals surface area contributed by atoms with Crippen molar-refractivity contribution in [1.82, 2.24) is 10.6 Å². The van der Waals surface area contributed by atoms with E-state index in [4.69, 9.17) is 16.3 Å². The minimum atomic E-state index is -0.895. The summed E-state index contributed by atoms with van der Waals surface area (Å²) in [5, 5.41) is 15.0. The lowest BCUT2D eigenvalue weighted by molar-refractivity contribution is -0.384. The fourth-order valence-corrected chi connectivity index (χ4v) is 2.58. The normalized spacial score (nSPS) is 13.6. The molecule has 4 amide bonds. The number of amides is 4. The number of imide groups is 2. The molecule has 0 aliphatic carbocycles. The van der Waals surface area contributed by atoms with Crippen molar-refractivity contribution in [1.29, 1.82) is 0 Å². The average Bonchev–Trinajstić information content (AvgIpc) is 2.64. The number of nitrogens with one attached hydrogen (secondary N) is 2. The second kappa shape index (κ2) is 7.89. The summed E-state index contributed by atoms with van der Waals surface area (Å²) in [5.74, 6) is -1.35. The number of hydrogen-bond acceptors (Lipinski definition) is 6. The van der Waals surface area contributed by atoms with E-state index >= 15 is 0 Å². The first-order valence-electron chi connectivity index (χ1n) is 7.87. The van der Waals surface area contributed by atoms with Gasteiger partial charge in [0, 0.05) is 22.7 Å². The fraction of sp³-hybridized carbons (Fsp3) is 0.0556. The first-order chi connectivity index (χ1) is 13.3. The second-order valence-corrected chi connectivity index (χ2v) is 6.13. The molecule has 0 radical (unpaired) electrons. The van der Waals surface area contributed by atoms with Crippen molar-refractivity contribution < 1.29 is 24.0 Å². The van der Waals surface area contributed by atoms with Crippen molar-refractivity contribution in [3.63, 3.8) is 0 Å². The number of ether oxygens (including phenoxy) is 1. The van der Waals surface area contributed by atoms with Crippen LogP contribution in [0.1, 0.15) is 11.1 Å². The number of non-ortho nitro benzene ring substituents is 1. The van der Waals surface area contributed by atoms with Crippen LogP contribution >= 0.6 is 11.6 Å². The third-order valence-electron chi connectivity index (χ3n) is 3.76. The lowest BCUT2D eigenvalue weighted by atomic mass is 10.1. The average molecular weight is 402 g/mol. The number of nitro groups is 1. The van der Waals surface area contributed by atoms with E-state index in [1.807, 2.05) is 10.6 Å². The number of nitrogens with zero attached hydrogens (tertiary/aromatic N) is 1. The number of benzene rings is 2. The van der Waals surface area contributed by atoms with E-state index in [1.165, 1.54) is 24.3 Å². The fourth-order valence-electron chi connectivity index (χ4n) is 2.40. The minimum Gasteiger partial charge on any atom is -0.488 e. The molecule has 142 valence electrons. The van der Waals surface area contributed by atoms with Crippen molar-refractivity contribution in [2.24, 2.45) is 0 Å². The number of barbiturate groups is 1. The number of rotatable bonds is 5. The van der Waals surface area contributed by atoms with Gasteiger partial charge in [0.15, 0.2) is 0 Å². The van der Waals surface area contributed by atoms with Gasteiger partial charge in [-0.1, -0.05) is 11.6 Å². The maximum absolute atomic E-state index is 11.9. The molecule has 0 unspecified atom stereocenters. The molecule has 0 spiro atoms. The van der Waals surface area contributed by atoms with Crippen LogP contribution in [0.15, 0.2) is 48.0 Å². The maximum atomic E-state index is 11.9.